The fourth-order valence-electron chi connectivity index (χ4n) is 2.14. The van der Waals surface area contributed by atoms with Crippen LogP contribution >= 0.6 is 0 Å². The Kier molecular flexibility index (Phi) is 2.65. The van der Waals surface area contributed by atoms with E-state index >= 15 is 0 Å². The highest BCUT2D eigenvalue weighted by Gasteiger charge is 2.19. The van der Waals surface area contributed by atoms with Crippen molar-refractivity contribution in [3.8, 4) is 0 Å². The van der Waals surface area contributed by atoms with Crippen LogP contribution in [0.25, 0.3) is 16.7 Å². The maximum absolute atomic E-state index is 12.4. The molecule has 0 saturated heterocycles. The number of aryl methyl sites for hydroxylation is 1. The zero-order valence-corrected chi connectivity index (χ0v) is 11.8. The lowest BCUT2D eigenvalue weighted by molar-refractivity contribution is 0.593. The molecule has 0 N–H and O–H groups in total. The number of hydrogen-bond acceptors (Lipinski definition) is 5. The van der Waals surface area contributed by atoms with Gasteiger partial charge in [0.1, 0.15) is 0 Å². The number of sulfone groups is 1. The minimum Gasteiger partial charge on any atom is -0.277 e. The number of benzene rings is 1. The molecular weight excluding hydrogens is 280 g/mol. The Morgan fingerprint density at radius 1 is 1.25 bits per heavy atom. The van der Waals surface area contributed by atoms with Gasteiger partial charge in [0.2, 0.25) is 15.6 Å². The van der Waals surface area contributed by atoms with E-state index in [1.165, 1.54) is 9.08 Å². The molecule has 1 aromatic carbocycles. The van der Waals surface area contributed by atoms with Crippen molar-refractivity contribution in [3.05, 3.63) is 34.6 Å². The van der Waals surface area contributed by atoms with Crippen LogP contribution in [0.15, 0.2) is 34.2 Å². The lowest BCUT2D eigenvalue weighted by atomic mass is 10.2. The highest BCUT2D eigenvalue weighted by atomic mass is 32.2. The molecule has 8 heteroatoms. The fraction of sp³-hybridized carbons (Fsp3) is 0.250. The smallest absolute Gasteiger partial charge is 0.268 e. The Hall–Kier alpha value is -2.22. The molecule has 0 radical (unpaired) electrons. The van der Waals surface area contributed by atoms with E-state index in [0.29, 0.717) is 17.4 Å². The van der Waals surface area contributed by atoms with Crippen LogP contribution < -0.4 is 5.56 Å². The number of aromatic nitrogens is 4. The van der Waals surface area contributed by atoms with Crippen molar-refractivity contribution < 1.29 is 8.42 Å². The monoisotopic (exact) mass is 292 g/mol. The molecule has 0 fully saturated rings. The first-order chi connectivity index (χ1) is 9.43. The van der Waals surface area contributed by atoms with Gasteiger partial charge >= 0.3 is 0 Å². The standard InChI is InChI=1S/C12H12N4O3S/c1-3-15-10(17)8-6-4-5-7-9(8)16-12(15)13-11(14-16)20(2,18)19/h4-7H,3H2,1-2H3. The van der Waals surface area contributed by atoms with Crippen LogP contribution in [0.4, 0.5) is 0 Å². The lowest BCUT2D eigenvalue weighted by Crippen LogP contribution is -2.22. The molecule has 2 heterocycles. The highest BCUT2D eigenvalue weighted by Crippen LogP contribution is 2.13. The topological polar surface area (TPSA) is 86.3 Å². The summed E-state index contributed by atoms with van der Waals surface area (Å²) < 4.78 is 26.0. The van der Waals surface area contributed by atoms with Crippen LogP contribution in [-0.4, -0.2) is 33.8 Å². The van der Waals surface area contributed by atoms with Gasteiger partial charge in [0.15, 0.2) is 0 Å². The molecule has 3 aromatic rings. The van der Waals surface area contributed by atoms with Crippen molar-refractivity contribution in [2.24, 2.45) is 0 Å². The second-order valence-electron chi connectivity index (χ2n) is 4.44. The Balaban J connectivity index is 2.61. The third kappa shape index (κ3) is 1.72. The number of para-hydroxylation sites is 1. The average Bonchev–Trinajstić information content (AvgIpc) is 2.84. The molecule has 0 unspecified atom stereocenters. The largest absolute Gasteiger partial charge is 0.277 e. The van der Waals surface area contributed by atoms with Gasteiger partial charge in [-0.05, 0) is 19.1 Å². The summed E-state index contributed by atoms with van der Waals surface area (Å²) in [5.74, 6) is 0.233. The summed E-state index contributed by atoms with van der Waals surface area (Å²) in [6.45, 7) is 2.18. The van der Waals surface area contributed by atoms with Gasteiger partial charge in [-0.2, -0.15) is 9.50 Å². The van der Waals surface area contributed by atoms with E-state index in [9.17, 15) is 13.2 Å². The minimum absolute atomic E-state index is 0.206. The quantitative estimate of drug-likeness (QED) is 0.685. The molecule has 104 valence electrons. The van der Waals surface area contributed by atoms with E-state index in [1.807, 2.05) is 0 Å². The summed E-state index contributed by atoms with van der Waals surface area (Å²) in [6, 6.07) is 6.92. The van der Waals surface area contributed by atoms with Crippen LogP contribution in [0.3, 0.4) is 0 Å². The van der Waals surface area contributed by atoms with E-state index in [4.69, 9.17) is 0 Å². The van der Waals surface area contributed by atoms with Crippen LogP contribution in [0, 0.1) is 0 Å². The SMILES string of the molecule is CCn1c(=O)c2ccccc2n2nc(S(C)(=O)=O)nc12. The van der Waals surface area contributed by atoms with Gasteiger partial charge in [-0.3, -0.25) is 9.36 Å². The number of hydrogen-bond donors (Lipinski definition) is 0. The zero-order chi connectivity index (χ0) is 14.5. The molecule has 3 rings (SSSR count). The predicted octanol–water partition coefficient (Wildman–Crippen LogP) is 0.468. The Morgan fingerprint density at radius 2 is 1.95 bits per heavy atom. The zero-order valence-electron chi connectivity index (χ0n) is 10.9. The molecule has 2 aromatic heterocycles. The lowest BCUT2D eigenvalue weighted by Gasteiger charge is -2.06. The van der Waals surface area contributed by atoms with E-state index in [2.05, 4.69) is 10.1 Å². The summed E-state index contributed by atoms with van der Waals surface area (Å²) in [6.07, 6.45) is 1.04. The van der Waals surface area contributed by atoms with Crippen LogP contribution in [0.5, 0.6) is 0 Å². The first-order valence-electron chi connectivity index (χ1n) is 6.02. The Morgan fingerprint density at radius 3 is 2.60 bits per heavy atom. The van der Waals surface area contributed by atoms with Crippen molar-refractivity contribution in [2.45, 2.75) is 18.6 Å². The third-order valence-corrected chi connectivity index (χ3v) is 3.90. The molecule has 7 nitrogen and oxygen atoms in total. The van der Waals surface area contributed by atoms with Crippen LogP contribution in [0.1, 0.15) is 6.92 Å². The maximum Gasteiger partial charge on any atom is 0.268 e. The summed E-state index contributed by atoms with van der Waals surface area (Å²) >= 11 is 0. The first-order valence-corrected chi connectivity index (χ1v) is 7.91. The minimum atomic E-state index is -3.53. The van der Waals surface area contributed by atoms with Crippen molar-refractivity contribution in [2.75, 3.05) is 6.26 Å². The average molecular weight is 292 g/mol. The van der Waals surface area contributed by atoms with E-state index < -0.39 is 9.84 Å². The van der Waals surface area contributed by atoms with Gasteiger partial charge in [-0.15, -0.1) is 5.10 Å². The second kappa shape index (κ2) is 4.14. The molecule has 0 aliphatic rings. The number of fused-ring (bicyclic) bond motifs is 3. The number of nitrogens with zero attached hydrogens (tertiary/aromatic N) is 4. The second-order valence-corrected chi connectivity index (χ2v) is 6.35. The molecule has 0 aliphatic heterocycles. The predicted molar refractivity (Wildman–Crippen MR) is 73.5 cm³/mol. The Bertz CT molecular complexity index is 985. The van der Waals surface area contributed by atoms with Gasteiger partial charge in [0.25, 0.3) is 10.7 Å². The fourth-order valence-corrected chi connectivity index (χ4v) is 2.62. The summed E-state index contributed by atoms with van der Waals surface area (Å²) in [7, 11) is -3.53. The van der Waals surface area contributed by atoms with Gasteiger partial charge in [-0.25, -0.2) is 8.42 Å². The molecule has 0 amide bonds. The van der Waals surface area contributed by atoms with Crippen molar-refractivity contribution in [3.63, 3.8) is 0 Å². The van der Waals surface area contributed by atoms with Gasteiger partial charge in [-0.1, -0.05) is 12.1 Å². The maximum atomic E-state index is 12.4. The van der Waals surface area contributed by atoms with Gasteiger partial charge in [0, 0.05) is 12.8 Å². The molecule has 0 saturated carbocycles. The normalized spacial score (nSPS) is 12.3. The van der Waals surface area contributed by atoms with Crippen molar-refractivity contribution in [1.82, 2.24) is 19.2 Å². The van der Waals surface area contributed by atoms with Crippen molar-refractivity contribution in [1.29, 1.82) is 0 Å². The summed E-state index contributed by atoms with van der Waals surface area (Å²) in [4.78, 5) is 16.4. The molecule has 0 spiro atoms. The number of rotatable bonds is 2. The Labute approximate surface area is 114 Å². The third-order valence-electron chi connectivity index (χ3n) is 3.07. The van der Waals surface area contributed by atoms with Crippen LogP contribution in [-0.2, 0) is 16.4 Å². The van der Waals surface area contributed by atoms with Gasteiger partial charge < -0.3 is 0 Å². The summed E-state index contributed by atoms with van der Waals surface area (Å²) in [5, 5.41) is 4.22. The van der Waals surface area contributed by atoms with Gasteiger partial charge in [0.05, 0.1) is 10.9 Å². The molecule has 0 aliphatic carbocycles. The van der Waals surface area contributed by atoms with Crippen molar-refractivity contribution >= 4 is 26.5 Å². The van der Waals surface area contributed by atoms with E-state index in [-0.39, 0.29) is 16.5 Å². The molecule has 0 atom stereocenters. The van der Waals surface area contributed by atoms with E-state index in [1.54, 1.807) is 31.2 Å². The summed E-state index contributed by atoms with van der Waals surface area (Å²) in [5.41, 5.74) is 0.336. The first kappa shape index (κ1) is 12.8. The van der Waals surface area contributed by atoms with Crippen LogP contribution in [0.2, 0.25) is 0 Å². The van der Waals surface area contributed by atoms with E-state index in [0.717, 1.165) is 6.26 Å². The molecule has 20 heavy (non-hydrogen) atoms. The highest BCUT2D eigenvalue weighted by molar-refractivity contribution is 7.90. The molecule has 0 bridgehead atoms. The molecular formula is C12H12N4O3S.